The zero-order valence-electron chi connectivity index (χ0n) is 14.2. The van der Waals surface area contributed by atoms with Crippen molar-refractivity contribution in [3.8, 4) is 0 Å². The highest BCUT2D eigenvalue weighted by Gasteiger charge is 2.08. The average molecular weight is 365 g/mol. The lowest BCUT2D eigenvalue weighted by Crippen LogP contribution is -2.17. The molecule has 2 N–H and O–H groups in total. The van der Waals surface area contributed by atoms with E-state index in [4.69, 9.17) is 0 Å². The maximum absolute atomic E-state index is 12.4. The van der Waals surface area contributed by atoms with E-state index < -0.39 is 0 Å². The molecule has 0 atom stereocenters. The molecule has 2 rings (SSSR count). The summed E-state index contributed by atoms with van der Waals surface area (Å²) in [4.78, 5) is 12.4. The lowest BCUT2D eigenvalue weighted by Gasteiger charge is -2.11. The van der Waals surface area contributed by atoms with Gasteiger partial charge in [-0.05, 0) is 41.6 Å². The molecule has 0 fully saturated rings. The maximum Gasteiger partial charge on any atom is 0.255 e. The Hall–Kier alpha value is -1.49. The molecule has 24 heavy (non-hydrogen) atoms. The van der Waals surface area contributed by atoms with Crippen molar-refractivity contribution in [2.24, 2.45) is 0 Å². The molecule has 5 heteroatoms. The molecule has 1 amide bonds. The van der Waals surface area contributed by atoms with Crippen molar-refractivity contribution < 1.29 is 4.79 Å². The van der Waals surface area contributed by atoms with E-state index in [-0.39, 0.29) is 18.3 Å². The number of para-hydroxylation sites is 1. The van der Waals surface area contributed by atoms with Crippen molar-refractivity contribution in [2.45, 2.75) is 26.1 Å². The summed E-state index contributed by atoms with van der Waals surface area (Å²) < 4.78 is 0. The third-order valence-electron chi connectivity index (χ3n) is 3.52. The van der Waals surface area contributed by atoms with E-state index in [0.29, 0.717) is 5.56 Å². The van der Waals surface area contributed by atoms with Gasteiger partial charge in [-0.15, -0.1) is 12.4 Å². The van der Waals surface area contributed by atoms with Crippen LogP contribution in [-0.2, 0) is 12.3 Å². The van der Waals surface area contributed by atoms with E-state index in [0.717, 1.165) is 35.8 Å². The molecule has 0 aliphatic rings. The number of nitrogens with one attached hydrogen (secondary N) is 2. The Morgan fingerprint density at radius 3 is 2.42 bits per heavy atom. The Morgan fingerprint density at radius 1 is 1.04 bits per heavy atom. The van der Waals surface area contributed by atoms with E-state index in [1.165, 1.54) is 5.56 Å². The molecule has 2 aromatic rings. The van der Waals surface area contributed by atoms with Crippen molar-refractivity contribution in [1.29, 1.82) is 0 Å². The third-order valence-corrected chi connectivity index (χ3v) is 4.47. The molecule has 0 aromatic heterocycles. The first-order valence-electron chi connectivity index (χ1n) is 8.01. The summed E-state index contributed by atoms with van der Waals surface area (Å²) in [6.45, 7) is 5.87. The Kier molecular flexibility index (Phi) is 9.53. The van der Waals surface area contributed by atoms with E-state index in [2.05, 4.69) is 24.5 Å². The Morgan fingerprint density at radius 2 is 1.75 bits per heavy atom. The fraction of sp³-hybridized carbons (Fsp3) is 0.316. The number of thioether (sulfide) groups is 1. The largest absolute Gasteiger partial charge is 0.322 e. The lowest BCUT2D eigenvalue weighted by atomic mass is 10.1. The van der Waals surface area contributed by atoms with Crippen LogP contribution in [0.5, 0.6) is 0 Å². The first kappa shape index (κ1) is 20.6. The van der Waals surface area contributed by atoms with E-state index in [1.807, 2.05) is 60.3 Å². The summed E-state index contributed by atoms with van der Waals surface area (Å²) in [7, 11) is 0. The summed E-state index contributed by atoms with van der Waals surface area (Å²) in [6.07, 6.45) is 0. The van der Waals surface area contributed by atoms with Gasteiger partial charge in [-0.25, -0.2) is 0 Å². The molecule has 0 radical (unpaired) electrons. The summed E-state index contributed by atoms with van der Waals surface area (Å²) in [5.41, 5.74) is 3.90. The zero-order valence-corrected chi connectivity index (χ0v) is 15.8. The minimum absolute atomic E-state index is 0. The molecule has 0 aliphatic heterocycles. The van der Waals surface area contributed by atoms with Gasteiger partial charge in [-0.2, -0.15) is 11.8 Å². The number of amides is 1. The van der Waals surface area contributed by atoms with Gasteiger partial charge in [0.25, 0.3) is 5.91 Å². The molecule has 0 spiro atoms. The molecule has 0 saturated heterocycles. The van der Waals surface area contributed by atoms with Gasteiger partial charge in [0.05, 0.1) is 0 Å². The highest BCUT2D eigenvalue weighted by molar-refractivity contribution is 7.98. The minimum atomic E-state index is -0.0661. The molecule has 0 unspecified atom stereocenters. The number of hydrogen-bond acceptors (Lipinski definition) is 3. The Bertz CT molecular complexity index is 632. The van der Waals surface area contributed by atoms with E-state index in [9.17, 15) is 4.79 Å². The number of carbonyl (C=O) groups excluding carboxylic acids is 1. The molecule has 0 bridgehead atoms. The number of benzene rings is 2. The molecular weight excluding hydrogens is 340 g/mol. The number of halogens is 1. The molecule has 0 aliphatic carbocycles. The number of hydrogen-bond donors (Lipinski definition) is 2. The highest BCUT2D eigenvalue weighted by Crippen LogP contribution is 2.17. The minimum Gasteiger partial charge on any atom is -0.322 e. The lowest BCUT2D eigenvalue weighted by molar-refractivity contribution is 0.102. The van der Waals surface area contributed by atoms with Gasteiger partial charge in [-0.3, -0.25) is 4.79 Å². The maximum atomic E-state index is 12.4. The fourth-order valence-corrected chi connectivity index (χ4v) is 2.86. The van der Waals surface area contributed by atoms with Crippen LogP contribution in [0.1, 0.15) is 35.3 Å². The van der Waals surface area contributed by atoms with Crippen LogP contribution in [0.2, 0.25) is 0 Å². The van der Waals surface area contributed by atoms with Crippen molar-refractivity contribution in [1.82, 2.24) is 5.32 Å². The van der Waals surface area contributed by atoms with Gasteiger partial charge in [0.2, 0.25) is 0 Å². The first-order valence-corrected chi connectivity index (χ1v) is 9.16. The van der Waals surface area contributed by atoms with Gasteiger partial charge in [-0.1, -0.05) is 44.2 Å². The molecule has 2 aromatic carbocycles. The van der Waals surface area contributed by atoms with Gasteiger partial charge >= 0.3 is 0 Å². The quantitative estimate of drug-likeness (QED) is 0.711. The molecule has 130 valence electrons. The standard InChI is InChI=1S/C19H24N2OS.ClH/c1-3-20-13-17-7-5-6-8-18(17)21-19(22)16-11-9-15(10-12-16)14-23-4-2;/h5-12,20H,3-4,13-14H2,1-2H3,(H,21,22);1H. The van der Waals surface area contributed by atoms with Crippen LogP contribution in [-0.4, -0.2) is 18.2 Å². The topological polar surface area (TPSA) is 41.1 Å². The van der Waals surface area contributed by atoms with Crippen molar-refractivity contribution in [3.63, 3.8) is 0 Å². The summed E-state index contributed by atoms with van der Waals surface area (Å²) in [5, 5.41) is 6.31. The predicted molar refractivity (Wildman–Crippen MR) is 107 cm³/mol. The second kappa shape index (κ2) is 11.1. The van der Waals surface area contributed by atoms with Crippen LogP contribution < -0.4 is 10.6 Å². The van der Waals surface area contributed by atoms with Crippen molar-refractivity contribution in [3.05, 3.63) is 65.2 Å². The summed E-state index contributed by atoms with van der Waals surface area (Å²) in [5.74, 6) is 2.03. The van der Waals surface area contributed by atoms with Crippen LogP contribution in [0.4, 0.5) is 5.69 Å². The van der Waals surface area contributed by atoms with Crippen LogP contribution in [0.25, 0.3) is 0 Å². The smallest absolute Gasteiger partial charge is 0.255 e. The van der Waals surface area contributed by atoms with Crippen molar-refractivity contribution in [2.75, 3.05) is 17.6 Å². The van der Waals surface area contributed by atoms with E-state index >= 15 is 0 Å². The highest BCUT2D eigenvalue weighted by atomic mass is 35.5. The van der Waals surface area contributed by atoms with Gasteiger partial charge in [0.1, 0.15) is 0 Å². The Balaban J connectivity index is 0.00000288. The molecule has 0 saturated carbocycles. The summed E-state index contributed by atoms with van der Waals surface area (Å²) in [6, 6.07) is 15.8. The monoisotopic (exact) mass is 364 g/mol. The first-order chi connectivity index (χ1) is 11.2. The Labute approximate surface area is 155 Å². The van der Waals surface area contributed by atoms with Crippen LogP contribution in [0.15, 0.2) is 48.5 Å². The van der Waals surface area contributed by atoms with Gasteiger partial charge in [0, 0.05) is 23.5 Å². The van der Waals surface area contributed by atoms with E-state index in [1.54, 1.807) is 0 Å². The van der Waals surface area contributed by atoms with Crippen LogP contribution in [0.3, 0.4) is 0 Å². The van der Waals surface area contributed by atoms with Gasteiger partial charge in [0.15, 0.2) is 0 Å². The molecule has 3 nitrogen and oxygen atoms in total. The summed E-state index contributed by atoms with van der Waals surface area (Å²) >= 11 is 1.88. The van der Waals surface area contributed by atoms with Crippen LogP contribution in [0, 0.1) is 0 Å². The number of rotatable bonds is 8. The molecule has 0 heterocycles. The van der Waals surface area contributed by atoms with Crippen molar-refractivity contribution >= 4 is 35.8 Å². The number of anilines is 1. The third kappa shape index (κ3) is 6.19. The van der Waals surface area contributed by atoms with Crippen LogP contribution >= 0.6 is 24.2 Å². The average Bonchev–Trinajstić information content (AvgIpc) is 2.59. The molecular formula is C19H25ClN2OS. The number of carbonyl (C=O) groups is 1. The second-order valence-corrected chi connectivity index (χ2v) is 6.50. The zero-order chi connectivity index (χ0) is 16.5. The second-order valence-electron chi connectivity index (χ2n) is 5.23. The fourth-order valence-electron chi connectivity index (χ4n) is 2.22. The van der Waals surface area contributed by atoms with Gasteiger partial charge < -0.3 is 10.6 Å². The SMILES string of the molecule is CCNCc1ccccc1NC(=O)c1ccc(CSCC)cc1.Cl. The normalized spacial score (nSPS) is 10.1. The predicted octanol–water partition coefficient (Wildman–Crippen LogP) is 4.72.